The highest BCUT2D eigenvalue weighted by Crippen LogP contribution is 2.24. The summed E-state index contributed by atoms with van der Waals surface area (Å²) in [5.41, 5.74) is 5.60. The van der Waals surface area contributed by atoms with Crippen molar-refractivity contribution in [3.8, 4) is 11.3 Å². The van der Waals surface area contributed by atoms with Crippen molar-refractivity contribution in [3.05, 3.63) is 94.3 Å². The number of aliphatic imine (C=N–C) groups is 1. The molecule has 0 unspecified atom stereocenters. The van der Waals surface area contributed by atoms with Crippen LogP contribution in [0.4, 0.5) is 11.4 Å². The first-order valence-corrected chi connectivity index (χ1v) is 8.43. The van der Waals surface area contributed by atoms with Crippen molar-refractivity contribution in [1.29, 1.82) is 0 Å². The molecule has 0 amide bonds. The average Bonchev–Trinajstić information content (AvgIpc) is 3.10. The second-order valence-corrected chi connectivity index (χ2v) is 6.25. The second kappa shape index (κ2) is 6.84. The molecule has 4 aromatic rings. The zero-order valence-electron chi connectivity index (χ0n) is 14.6. The number of aromatic nitrogens is 2. The number of pyridine rings is 1. The quantitative estimate of drug-likeness (QED) is 0.294. The molecule has 4 rings (SSSR count). The summed E-state index contributed by atoms with van der Waals surface area (Å²) in [5.74, 6) is 0. The number of fused-ring (bicyclic) bond motifs is 1. The second-order valence-electron chi connectivity index (χ2n) is 6.25. The molecule has 0 aliphatic rings. The van der Waals surface area contributed by atoms with Gasteiger partial charge in [0.15, 0.2) is 0 Å². The largest absolute Gasteiger partial charge is 0.306 e. The number of benzene rings is 2. The summed E-state index contributed by atoms with van der Waals surface area (Å²) in [7, 11) is 0. The van der Waals surface area contributed by atoms with E-state index in [0.717, 1.165) is 28.2 Å². The summed E-state index contributed by atoms with van der Waals surface area (Å²) in [4.78, 5) is 19.4. The maximum Gasteiger partial charge on any atom is 0.269 e. The van der Waals surface area contributed by atoms with Gasteiger partial charge in [-0.1, -0.05) is 12.1 Å². The summed E-state index contributed by atoms with van der Waals surface area (Å²) in [6.07, 6.45) is 5.68. The summed E-state index contributed by atoms with van der Waals surface area (Å²) < 4.78 is 2.00. The highest BCUT2D eigenvalue weighted by atomic mass is 16.6. The fourth-order valence-electron chi connectivity index (χ4n) is 2.80. The number of imidazole rings is 1. The monoisotopic (exact) mass is 356 g/mol. The van der Waals surface area contributed by atoms with Gasteiger partial charge in [-0.05, 0) is 54.4 Å². The lowest BCUT2D eigenvalue weighted by atomic mass is 10.1. The fraction of sp³-hybridized carbons (Fsp3) is 0.0476. The van der Waals surface area contributed by atoms with Crippen molar-refractivity contribution in [2.75, 3.05) is 0 Å². The number of hydrogen-bond acceptors (Lipinski definition) is 4. The molecular weight excluding hydrogens is 340 g/mol. The van der Waals surface area contributed by atoms with E-state index < -0.39 is 4.92 Å². The molecule has 0 atom stereocenters. The van der Waals surface area contributed by atoms with Gasteiger partial charge in [-0.3, -0.25) is 15.1 Å². The smallest absolute Gasteiger partial charge is 0.269 e. The van der Waals surface area contributed by atoms with E-state index in [2.05, 4.69) is 9.98 Å². The van der Waals surface area contributed by atoms with Crippen molar-refractivity contribution in [1.82, 2.24) is 9.38 Å². The van der Waals surface area contributed by atoms with Crippen molar-refractivity contribution >= 4 is 23.2 Å². The minimum Gasteiger partial charge on any atom is -0.306 e. The lowest BCUT2D eigenvalue weighted by molar-refractivity contribution is -0.384. The first-order valence-electron chi connectivity index (χ1n) is 8.43. The number of aryl methyl sites for hydroxylation is 1. The van der Waals surface area contributed by atoms with Gasteiger partial charge in [0.2, 0.25) is 0 Å². The molecule has 0 aliphatic carbocycles. The van der Waals surface area contributed by atoms with Crippen LogP contribution in [0, 0.1) is 17.0 Å². The molecule has 6 nitrogen and oxygen atoms in total. The summed E-state index contributed by atoms with van der Waals surface area (Å²) in [6.45, 7) is 2.04. The molecule has 6 heteroatoms. The Morgan fingerprint density at radius 1 is 1.11 bits per heavy atom. The molecule has 132 valence electrons. The van der Waals surface area contributed by atoms with Crippen LogP contribution in [0.3, 0.4) is 0 Å². The minimum atomic E-state index is -0.416. The van der Waals surface area contributed by atoms with E-state index in [1.807, 2.05) is 60.1 Å². The molecule has 0 fully saturated rings. The maximum atomic E-state index is 10.7. The van der Waals surface area contributed by atoms with Gasteiger partial charge < -0.3 is 4.40 Å². The van der Waals surface area contributed by atoms with Crippen LogP contribution in [0.15, 0.2) is 78.0 Å². The van der Waals surface area contributed by atoms with Crippen LogP contribution in [0.25, 0.3) is 16.9 Å². The summed E-state index contributed by atoms with van der Waals surface area (Å²) >= 11 is 0. The van der Waals surface area contributed by atoms with E-state index in [1.54, 1.807) is 18.3 Å². The molecule has 0 N–H and O–H groups in total. The van der Waals surface area contributed by atoms with Crippen molar-refractivity contribution in [3.63, 3.8) is 0 Å². The van der Waals surface area contributed by atoms with Gasteiger partial charge >= 0.3 is 0 Å². The number of nitrogens with zero attached hydrogens (tertiary/aromatic N) is 4. The summed E-state index contributed by atoms with van der Waals surface area (Å²) in [6, 6.07) is 18.2. The van der Waals surface area contributed by atoms with E-state index in [0.29, 0.717) is 0 Å². The van der Waals surface area contributed by atoms with Gasteiger partial charge in [0.25, 0.3) is 5.69 Å². The topological polar surface area (TPSA) is 72.8 Å². The Labute approximate surface area is 155 Å². The van der Waals surface area contributed by atoms with Crippen LogP contribution >= 0.6 is 0 Å². The Balaban J connectivity index is 1.60. The first-order chi connectivity index (χ1) is 13.1. The predicted molar refractivity (Wildman–Crippen MR) is 106 cm³/mol. The normalized spacial score (nSPS) is 11.3. The number of non-ortho nitro benzene ring substituents is 1. The zero-order valence-corrected chi connectivity index (χ0v) is 14.6. The molecule has 27 heavy (non-hydrogen) atoms. The Bertz CT molecular complexity index is 1160. The average molecular weight is 356 g/mol. The zero-order chi connectivity index (χ0) is 18.8. The predicted octanol–water partition coefficient (Wildman–Crippen LogP) is 4.97. The van der Waals surface area contributed by atoms with Gasteiger partial charge in [0, 0.05) is 36.3 Å². The number of nitro groups is 1. The van der Waals surface area contributed by atoms with Crippen LogP contribution in [-0.4, -0.2) is 20.5 Å². The van der Waals surface area contributed by atoms with Gasteiger partial charge in [0.1, 0.15) is 5.65 Å². The summed E-state index contributed by atoms with van der Waals surface area (Å²) in [5, 5.41) is 10.7. The molecule has 0 bridgehead atoms. The first kappa shape index (κ1) is 16.7. The molecule has 0 aliphatic heterocycles. The Kier molecular flexibility index (Phi) is 4.22. The van der Waals surface area contributed by atoms with Crippen molar-refractivity contribution in [2.45, 2.75) is 6.92 Å². The van der Waals surface area contributed by atoms with Gasteiger partial charge in [-0.25, -0.2) is 4.98 Å². The lowest BCUT2D eigenvalue weighted by Gasteiger charge is -1.99. The Hall–Kier alpha value is -3.80. The number of hydrogen-bond donors (Lipinski definition) is 0. The van der Waals surface area contributed by atoms with E-state index in [4.69, 9.17) is 0 Å². The van der Waals surface area contributed by atoms with Crippen LogP contribution in [0.5, 0.6) is 0 Å². The molecule has 2 heterocycles. The van der Waals surface area contributed by atoms with E-state index in [1.165, 1.54) is 17.7 Å². The van der Waals surface area contributed by atoms with Gasteiger partial charge in [0.05, 0.1) is 16.3 Å². The van der Waals surface area contributed by atoms with Crippen LogP contribution in [0.2, 0.25) is 0 Å². The van der Waals surface area contributed by atoms with Crippen molar-refractivity contribution in [2.24, 2.45) is 4.99 Å². The van der Waals surface area contributed by atoms with Crippen molar-refractivity contribution < 1.29 is 4.92 Å². The molecule has 2 aromatic heterocycles. The van der Waals surface area contributed by atoms with Gasteiger partial charge in [-0.15, -0.1) is 0 Å². The van der Waals surface area contributed by atoms with Crippen LogP contribution < -0.4 is 0 Å². The standard InChI is InChI=1S/C21H16N4O2/c1-15-9-10-24-14-20(23-21(24)11-15)17-3-2-4-18(12-17)22-13-16-5-7-19(8-6-16)25(26)27/h2-14H,1H3. The third kappa shape index (κ3) is 3.59. The Morgan fingerprint density at radius 3 is 2.70 bits per heavy atom. The molecule has 0 radical (unpaired) electrons. The third-order valence-electron chi connectivity index (χ3n) is 4.22. The highest BCUT2D eigenvalue weighted by molar-refractivity contribution is 5.82. The maximum absolute atomic E-state index is 10.7. The number of nitro benzene ring substituents is 1. The van der Waals surface area contributed by atoms with Crippen LogP contribution in [0.1, 0.15) is 11.1 Å². The van der Waals surface area contributed by atoms with Gasteiger partial charge in [-0.2, -0.15) is 0 Å². The molecular formula is C21H16N4O2. The van der Waals surface area contributed by atoms with E-state index in [9.17, 15) is 10.1 Å². The van der Waals surface area contributed by atoms with E-state index in [-0.39, 0.29) is 5.69 Å². The molecule has 0 saturated heterocycles. The molecule has 2 aromatic carbocycles. The highest BCUT2D eigenvalue weighted by Gasteiger charge is 2.06. The Morgan fingerprint density at radius 2 is 1.93 bits per heavy atom. The molecule has 0 spiro atoms. The number of rotatable bonds is 4. The molecule has 0 saturated carbocycles. The minimum absolute atomic E-state index is 0.0660. The fourth-order valence-corrected chi connectivity index (χ4v) is 2.80. The lowest BCUT2D eigenvalue weighted by Crippen LogP contribution is -1.88. The van der Waals surface area contributed by atoms with Crippen LogP contribution in [-0.2, 0) is 0 Å². The van der Waals surface area contributed by atoms with E-state index >= 15 is 0 Å². The third-order valence-corrected chi connectivity index (χ3v) is 4.22. The SMILES string of the molecule is Cc1ccn2cc(-c3cccc(N=Cc4ccc([N+](=O)[O-])cc4)c3)nc2c1.